The molecule has 7 heteroatoms. The first-order valence-electron chi connectivity index (χ1n) is 5.75. The van der Waals surface area contributed by atoms with Crippen LogP contribution in [0.5, 0.6) is 0 Å². The number of carbonyl (C=O) groups is 2. The fourth-order valence-corrected chi connectivity index (χ4v) is 2.93. The molecule has 5 nitrogen and oxygen atoms in total. The summed E-state index contributed by atoms with van der Waals surface area (Å²) in [6.45, 7) is 0. The molecule has 0 atom stereocenters. The molecule has 2 N–H and O–H groups in total. The number of carbonyl (C=O) groups excluding carboxylic acids is 1. The van der Waals surface area contributed by atoms with Crippen molar-refractivity contribution >= 4 is 40.1 Å². The lowest BCUT2D eigenvalue weighted by molar-refractivity contribution is -0.113. The normalized spacial score (nSPS) is 10.2. The molecule has 0 spiro atoms. The number of anilines is 1. The van der Waals surface area contributed by atoms with Gasteiger partial charge in [0.25, 0.3) is 0 Å². The van der Waals surface area contributed by atoms with Crippen LogP contribution in [0.25, 0.3) is 0 Å². The largest absolute Gasteiger partial charge is 0.478 e. The average Bonchev–Trinajstić information content (AvgIpc) is 2.92. The van der Waals surface area contributed by atoms with Gasteiger partial charge in [0.05, 0.1) is 11.3 Å². The maximum atomic E-state index is 11.6. The fourth-order valence-electron chi connectivity index (χ4n) is 1.55. The molecule has 1 heterocycles. The molecule has 1 aromatic heterocycles. The van der Waals surface area contributed by atoms with E-state index in [1.54, 1.807) is 35.8 Å². The lowest BCUT2D eigenvalue weighted by atomic mass is 10.1. The Labute approximate surface area is 124 Å². The van der Waals surface area contributed by atoms with E-state index in [4.69, 9.17) is 5.11 Å². The van der Waals surface area contributed by atoms with Crippen molar-refractivity contribution in [3.63, 3.8) is 0 Å². The molecule has 0 aliphatic rings. The average molecular weight is 308 g/mol. The highest BCUT2D eigenvalue weighted by Crippen LogP contribution is 2.17. The molecule has 0 aliphatic heterocycles. The van der Waals surface area contributed by atoms with Crippen LogP contribution in [-0.4, -0.2) is 27.7 Å². The van der Waals surface area contributed by atoms with Crippen LogP contribution in [0.3, 0.4) is 0 Å². The Kier molecular flexibility index (Phi) is 5.14. The summed E-state index contributed by atoms with van der Waals surface area (Å²) in [6.07, 6.45) is 1.62. The van der Waals surface area contributed by atoms with Crippen molar-refractivity contribution < 1.29 is 14.7 Å². The Morgan fingerprint density at radius 1 is 1.35 bits per heavy atom. The standard InChI is InChI=1S/C13H12N2O3S2/c16-11(15-13-14-5-6-20-13)8-19-7-9-3-1-2-4-10(9)12(17)18/h1-6H,7-8H2,(H,17,18)(H,14,15,16). The smallest absolute Gasteiger partial charge is 0.335 e. The number of thioether (sulfide) groups is 1. The first-order chi connectivity index (χ1) is 9.66. The van der Waals surface area contributed by atoms with Crippen LogP contribution >= 0.6 is 23.1 Å². The molecule has 0 radical (unpaired) electrons. The van der Waals surface area contributed by atoms with Gasteiger partial charge in [-0.05, 0) is 11.6 Å². The SMILES string of the molecule is O=C(CSCc1ccccc1C(=O)O)Nc1nccs1. The van der Waals surface area contributed by atoms with E-state index in [9.17, 15) is 9.59 Å². The monoisotopic (exact) mass is 308 g/mol. The van der Waals surface area contributed by atoms with Gasteiger partial charge < -0.3 is 10.4 Å². The van der Waals surface area contributed by atoms with Crippen molar-refractivity contribution in [1.82, 2.24) is 4.98 Å². The van der Waals surface area contributed by atoms with Crippen molar-refractivity contribution in [3.05, 3.63) is 47.0 Å². The van der Waals surface area contributed by atoms with Gasteiger partial charge >= 0.3 is 5.97 Å². The van der Waals surface area contributed by atoms with Gasteiger partial charge in [-0.2, -0.15) is 0 Å². The maximum absolute atomic E-state index is 11.6. The molecule has 0 unspecified atom stereocenters. The second-order valence-electron chi connectivity index (χ2n) is 3.84. The Balaban J connectivity index is 1.84. The number of rotatable bonds is 6. The zero-order valence-electron chi connectivity index (χ0n) is 10.4. The van der Waals surface area contributed by atoms with Gasteiger partial charge in [0.1, 0.15) is 0 Å². The van der Waals surface area contributed by atoms with Crippen LogP contribution in [0.2, 0.25) is 0 Å². The van der Waals surface area contributed by atoms with Crippen LogP contribution in [0.1, 0.15) is 15.9 Å². The molecule has 2 rings (SSSR count). The number of carboxylic acid groups (broad SMARTS) is 1. The molecule has 0 saturated heterocycles. The zero-order valence-corrected chi connectivity index (χ0v) is 12.0. The van der Waals surface area contributed by atoms with Gasteiger partial charge in [-0.15, -0.1) is 23.1 Å². The third kappa shape index (κ3) is 4.07. The molecule has 0 fully saturated rings. The van der Waals surface area contributed by atoms with Crippen molar-refractivity contribution in [2.24, 2.45) is 0 Å². The molecular weight excluding hydrogens is 296 g/mol. The molecule has 0 bridgehead atoms. The van der Waals surface area contributed by atoms with Crippen LogP contribution in [0, 0.1) is 0 Å². The van der Waals surface area contributed by atoms with Crippen molar-refractivity contribution in [3.8, 4) is 0 Å². The molecular formula is C13H12N2O3S2. The third-order valence-electron chi connectivity index (χ3n) is 2.42. The number of amides is 1. The van der Waals surface area contributed by atoms with E-state index in [2.05, 4.69) is 10.3 Å². The lowest BCUT2D eigenvalue weighted by Crippen LogP contribution is -2.14. The summed E-state index contributed by atoms with van der Waals surface area (Å²) >= 11 is 2.73. The highest BCUT2D eigenvalue weighted by Gasteiger charge is 2.10. The summed E-state index contributed by atoms with van der Waals surface area (Å²) < 4.78 is 0. The maximum Gasteiger partial charge on any atom is 0.335 e. The van der Waals surface area contributed by atoms with E-state index >= 15 is 0 Å². The van der Waals surface area contributed by atoms with Crippen LogP contribution < -0.4 is 5.32 Å². The minimum absolute atomic E-state index is 0.141. The van der Waals surface area contributed by atoms with E-state index < -0.39 is 5.97 Å². The van der Waals surface area contributed by atoms with Gasteiger partial charge in [0.15, 0.2) is 5.13 Å². The molecule has 1 aromatic carbocycles. The second-order valence-corrected chi connectivity index (χ2v) is 5.72. The Morgan fingerprint density at radius 3 is 2.85 bits per heavy atom. The Bertz CT molecular complexity index is 599. The highest BCUT2D eigenvalue weighted by molar-refractivity contribution is 7.99. The predicted octanol–water partition coefficient (Wildman–Crippen LogP) is 2.71. The van der Waals surface area contributed by atoms with E-state index in [0.717, 1.165) is 0 Å². The third-order valence-corrected chi connectivity index (χ3v) is 4.09. The summed E-state index contributed by atoms with van der Waals surface area (Å²) in [5, 5.41) is 14.1. The fraction of sp³-hybridized carbons (Fsp3) is 0.154. The van der Waals surface area contributed by atoms with Crippen molar-refractivity contribution in [2.75, 3.05) is 11.1 Å². The molecule has 104 valence electrons. The second kappa shape index (κ2) is 7.06. The number of nitrogens with one attached hydrogen (secondary N) is 1. The molecule has 0 aliphatic carbocycles. The number of benzene rings is 1. The summed E-state index contributed by atoms with van der Waals surface area (Å²) in [5.41, 5.74) is 0.993. The summed E-state index contributed by atoms with van der Waals surface area (Å²) in [6, 6.07) is 6.80. The van der Waals surface area contributed by atoms with Gasteiger partial charge in [-0.25, -0.2) is 9.78 Å². The van der Waals surface area contributed by atoms with Gasteiger partial charge in [0.2, 0.25) is 5.91 Å². The number of hydrogen-bond acceptors (Lipinski definition) is 5. The number of aromatic nitrogens is 1. The summed E-state index contributed by atoms with van der Waals surface area (Å²) in [7, 11) is 0. The molecule has 0 saturated carbocycles. The highest BCUT2D eigenvalue weighted by atomic mass is 32.2. The van der Waals surface area contributed by atoms with E-state index in [1.165, 1.54) is 23.1 Å². The number of thiazole rings is 1. The Hall–Kier alpha value is -1.86. The minimum atomic E-state index is -0.951. The van der Waals surface area contributed by atoms with Crippen LogP contribution in [-0.2, 0) is 10.5 Å². The van der Waals surface area contributed by atoms with E-state index in [-0.39, 0.29) is 17.2 Å². The molecule has 2 aromatic rings. The zero-order chi connectivity index (χ0) is 14.4. The number of nitrogens with zero attached hydrogens (tertiary/aromatic N) is 1. The first kappa shape index (κ1) is 14.5. The van der Waals surface area contributed by atoms with Crippen molar-refractivity contribution in [2.45, 2.75) is 5.75 Å². The van der Waals surface area contributed by atoms with E-state index in [1.807, 2.05) is 0 Å². The van der Waals surface area contributed by atoms with Crippen LogP contribution in [0.15, 0.2) is 35.8 Å². The van der Waals surface area contributed by atoms with E-state index in [0.29, 0.717) is 16.4 Å². The topological polar surface area (TPSA) is 79.3 Å². The summed E-state index contributed by atoms with van der Waals surface area (Å²) in [5.74, 6) is -0.354. The molecule has 1 amide bonds. The minimum Gasteiger partial charge on any atom is -0.478 e. The van der Waals surface area contributed by atoms with Gasteiger partial charge in [-0.3, -0.25) is 4.79 Å². The lowest BCUT2D eigenvalue weighted by Gasteiger charge is -2.05. The number of carboxylic acids is 1. The van der Waals surface area contributed by atoms with Crippen LogP contribution in [0.4, 0.5) is 5.13 Å². The van der Waals surface area contributed by atoms with Gasteiger partial charge in [0, 0.05) is 17.3 Å². The number of hydrogen-bond donors (Lipinski definition) is 2. The predicted molar refractivity (Wildman–Crippen MR) is 80.3 cm³/mol. The van der Waals surface area contributed by atoms with Crippen molar-refractivity contribution in [1.29, 1.82) is 0 Å². The Morgan fingerprint density at radius 2 is 2.15 bits per heavy atom. The molecule has 20 heavy (non-hydrogen) atoms. The first-order valence-corrected chi connectivity index (χ1v) is 7.78. The summed E-state index contributed by atoms with van der Waals surface area (Å²) in [4.78, 5) is 26.6. The number of aromatic carboxylic acids is 1. The quantitative estimate of drug-likeness (QED) is 0.857. The van der Waals surface area contributed by atoms with Gasteiger partial charge in [-0.1, -0.05) is 18.2 Å².